The first-order valence-corrected chi connectivity index (χ1v) is 10.3. The Morgan fingerprint density at radius 2 is 1.68 bits per heavy atom. The van der Waals surface area contributed by atoms with Crippen LogP contribution in [0.2, 0.25) is 0 Å². The van der Waals surface area contributed by atoms with E-state index in [2.05, 4.69) is 27.0 Å². The Labute approximate surface area is 170 Å². The van der Waals surface area contributed by atoms with Gasteiger partial charge in [0.05, 0.1) is 24.9 Å². The summed E-state index contributed by atoms with van der Waals surface area (Å²) in [5, 5.41) is 18.0. The van der Waals surface area contributed by atoms with E-state index < -0.39 is 12.1 Å². The van der Waals surface area contributed by atoms with Crippen molar-refractivity contribution in [3.63, 3.8) is 0 Å². The molecular formula is C22H40O6. The standard InChI is InChI=1S/C11H20O4.C11H20O2/c1-3-4-8-15-11(14)9(2)10(13)6-5-7-12;1-4-7-8-10(5-2)9-13-11(12)6-3/h10,12-13H,2-8H2,1H3;6,10H,3-5,7-9H2,1-2H3. The summed E-state index contributed by atoms with van der Waals surface area (Å²) in [5.74, 6) is -0.340. The van der Waals surface area contributed by atoms with Crippen LogP contribution in [0.15, 0.2) is 24.8 Å². The number of rotatable bonds is 15. The first kappa shape index (κ1) is 28.5. The number of hydrogen-bond acceptors (Lipinski definition) is 6. The van der Waals surface area contributed by atoms with E-state index in [-0.39, 0.29) is 18.1 Å². The SMILES string of the molecule is C=C(C(=O)OCCCC)C(O)CCCO.C=CC(=O)OCC(CC)CCCC. The summed E-state index contributed by atoms with van der Waals surface area (Å²) in [7, 11) is 0. The van der Waals surface area contributed by atoms with Gasteiger partial charge in [-0.25, -0.2) is 9.59 Å². The van der Waals surface area contributed by atoms with Gasteiger partial charge in [-0.2, -0.15) is 0 Å². The van der Waals surface area contributed by atoms with Crippen molar-refractivity contribution in [2.75, 3.05) is 19.8 Å². The maximum absolute atomic E-state index is 11.3. The van der Waals surface area contributed by atoms with E-state index in [9.17, 15) is 14.7 Å². The third kappa shape index (κ3) is 16.5. The number of hydrogen-bond donors (Lipinski definition) is 2. The molecule has 0 amide bonds. The van der Waals surface area contributed by atoms with E-state index in [0.29, 0.717) is 32.0 Å². The van der Waals surface area contributed by atoms with Crippen molar-refractivity contribution in [3.8, 4) is 0 Å². The molecule has 2 N–H and O–H groups in total. The Kier molecular flexibility index (Phi) is 20.5. The molecule has 164 valence electrons. The van der Waals surface area contributed by atoms with Crippen LogP contribution in [0.3, 0.4) is 0 Å². The molecule has 0 aliphatic heterocycles. The van der Waals surface area contributed by atoms with E-state index in [4.69, 9.17) is 14.6 Å². The normalized spacial score (nSPS) is 12.2. The number of carbonyl (C=O) groups is 2. The molecule has 0 aromatic carbocycles. The number of ether oxygens (including phenoxy) is 2. The monoisotopic (exact) mass is 400 g/mol. The lowest BCUT2D eigenvalue weighted by atomic mass is 10.0. The van der Waals surface area contributed by atoms with Crippen molar-refractivity contribution in [2.24, 2.45) is 5.92 Å². The zero-order valence-corrected chi connectivity index (χ0v) is 18.0. The van der Waals surface area contributed by atoms with Crippen LogP contribution >= 0.6 is 0 Å². The fourth-order valence-corrected chi connectivity index (χ4v) is 2.15. The predicted molar refractivity (Wildman–Crippen MR) is 112 cm³/mol. The van der Waals surface area contributed by atoms with E-state index >= 15 is 0 Å². The first-order chi connectivity index (χ1) is 13.4. The van der Waals surface area contributed by atoms with Crippen molar-refractivity contribution in [1.29, 1.82) is 0 Å². The van der Waals surface area contributed by atoms with Crippen molar-refractivity contribution >= 4 is 11.9 Å². The zero-order chi connectivity index (χ0) is 21.8. The van der Waals surface area contributed by atoms with Crippen LogP contribution < -0.4 is 0 Å². The molecule has 0 aliphatic rings. The second-order valence-electron chi connectivity index (χ2n) is 6.65. The molecule has 0 radical (unpaired) electrons. The fourth-order valence-electron chi connectivity index (χ4n) is 2.15. The van der Waals surface area contributed by atoms with Crippen LogP contribution in [0.1, 0.15) is 72.1 Å². The average molecular weight is 401 g/mol. The van der Waals surface area contributed by atoms with Crippen LogP contribution in [0.25, 0.3) is 0 Å². The van der Waals surface area contributed by atoms with Gasteiger partial charge in [0.15, 0.2) is 0 Å². The lowest BCUT2D eigenvalue weighted by Gasteiger charge is -2.13. The van der Waals surface area contributed by atoms with Gasteiger partial charge in [-0.15, -0.1) is 0 Å². The molecule has 0 rings (SSSR count). The van der Waals surface area contributed by atoms with Crippen molar-refractivity contribution in [2.45, 2.75) is 78.2 Å². The molecule has 28 heavy (non-hydrogen) atoms. The molecule has 2 unspecified atom stereocenters. The third-order valence-electron chi connectivity index (χ3n) is 4.20. The second kappa shape index (κ2) is 20.1. The molecule has 0 saturated heterocycles. The van der Waals surface area contributed by atoms with Gasteiger partial charge in [0.2, 0.25) is 0 Å². The highest BCUT2D eigenvalue weighted by Crippen LogP contribution is 2.12. The molecule has 0 heterocycles. The number of esters is 2. The highest BCUT2D eigenvalue weighted by Gasteiger charge is 2.17. The van der Waals surface area contributed by atoms with Gasteiger partial charge in [-0.3, -0.25) is 0 Å². The first-order valence-electron chi connectivity index (χ1n) is 10.3. The van der Waals surface area contributed by atoms with Gasteiger partial charge in [-0.1, -0.05) is 59.6 Å². The smallest absolute Gasteiger partial charge is 0.336 e. The minimum atomic E-state index is -0.911. The molecule has 0 spiro atoms. The third-order valence-corrected chi connectivity index (χ3v) is 4.20. The van der Waals surface area contributed by atoms with Gasteiger partial charge in [0.1, 0.15) is 0 Å². The maximum atomic E-state index is 11.3. The molecule has 0 fully saturated rings. The second-order valence-corrected chi connectivity index (χ2v) is 6.65. The van der Waals surface area contributed by atoms with Crippen molar-refractivity contribution < 1.29 is 29.3 Å². The summed E-state index contributed by atoms with van der Waals surface area (Å²) in [6, 6.07) is 0. The van der Waals surface area contributed by atoms with E-state index in [1.807, 2.05) is 6.92 Å². The lowest BCUT2D eigenvalue weighted by molar-refractivity contribution is -0.140. The van der Waals surface area contributed by atoms with Gasteiger partial charge < -0.3 is 19.7 Å². The molecular weight excluding hydrogens is 360 g/mol. The highest BCUT2D eigenvalue weighted by atomic mass is 16.5. The summed E-state index contributed by atoms with van der Waals surface area (Å²) < 4.78 is 9.87. The van der Waals surface area contributed by atoms with E-state index in [1.54, 1.807) is 0 Å². The Morgan fingerprint density at radius 1 is 1.04 bits per heavy atom. The predicted octanol–water partition coefficient (Wildman–Crippen LogP) is 3.95. The zero-order valence-electron chi connectivity index (χ0n) is 18.0. The maximum Gasteiger partial charge on any atom is 0.336 e. The minimum Gasteiger partial charge on any atom is -0.462 e. The molecule has 0 aliphatic carbocycles. The summed E-state index contributed by atoms with van der Waals surface area (Å²) in [6.07, 6.45) is 7.48. The average Bonchev–Trinajstić information content (AvgIpc) is 2.71. The molecule has 0 aromatic rings. The van der Waals surface area contributed by atoms with Crippen LogP contribution in [0, 0.1) is 5.92 Å². The van der Waals surface area contributed by atoms with Crippen LogP contribution in [0.4, 0.5) is 0 Å². The van der Waals surface area contributed by atoms with Crippen molar-refractivity contribution in [1.82, 2.24) is 0 Å². The molecule has 6 heteroatoms. The quantitative estimate of drug-likeness (QED) is 0.246. The summed E-state index contributed by atoms with van der Waals surface area (Å²) in [6.45, 7) is 14.0. The fraction of sp³-hybridized carbons (Fsp3) is 0.727. The molecule has 6 nitrogen and oxygen atoms in total. The number of aliphatic hydroxyl groups excluding tert-OH is 2. The number of unbranched alkanes of at least 4 members (excludes halogenated alkanes) is 2. The minimum absolute atomic E-state index is 0.00474. The number of aliphatic hydroxyl groups is 2. The van der Waals surface area contributed by atoms with E-state index in [0.717, 1.165) is 25.7 Å². The Morgan fingerprint density at radius 3 is 2.18 bits per heavy atom. The van der Waals surface area contributed by atoms with Crippen LogP contribution in [-0.2, 0) is 19.1 Å². The van der Waals surface area contributed by atoms with Gasteiger partial charge in [0.25, 0.3) is 0 Å². The highest BCUT2D eigenvalue weighted by molar-refractivity contribution is 5.88. The summed E-state index contributed by atoms with van der Waals surface area (Å²) in [4.78, 5) is 22.0. The lowest BCUT2D eigenvalue weighted by Crippen LogP contribution is -2.20. The van der Waals surface area contributed by atoms with E-state index in [1.165, 1.54) is 18.9 Å². The summed E-state index contributed by atoms with van der Waals surface area (Å²) in [5.41, 5.74) is 0.0690. The summed E-state index contributed by atoms with van der Waals surface area (Å²) >= 11 is 0. The number of carbonyl (C=O) groups excluding carboxylic acids is 2. The molecule has 0 bridgehead atoms. The van der Waals surface area contributed by atoms with Gasteiger partial charge >= 0.3 is 11.9 Å². The Bertz CT molecular complexity index is 433. The Balaban J connectivity index is 0. The topological polar surface area (TPSA) is 93.1 Å². The molecule has 0 aromatic heterocycles. The van der Waals surface area contributed by atoms with Crippen LogP contribution in [0.5, 0.6) is 0 Å². The van der Waals surface area contributed by atoms with Crippen LogP contribution in [-0.4, -0.2) is 48.1 Å². The van der Waals surface area contributed by atoms with Gasteiger partial charge in [0, 0.05) is 12.7 Å². The van der Waals surface area contributed by atoms with Crippen molar-refractivity contribution in [3.05, 3.63) is 24.8 Å². The molecule has 2 atom stereocenters. The van der Waals surface area contributed by atoms with Gasteiger partial charge in [-0.05, 0) is 31.6 Å². The molecule has 0 saturated carbocycles. The largest absolute Gasteiger partial charge is 0.462 e. The Hall–Kier alpha value is -1.66.